The average molecular weight is 156 g/mol. The summed E-state index contributed by atoms with van der Waals surface area (Å²) in [5.74, 6) is 0.423. The maximum absolute atomic E-state index is 5.48. The van der Waals surface area contributed by atoms with E-state index < -0.39 is 0 Å². The number of hydrogen-bond acceptors (Lipinski definition) is 1. The summed E-state index contributed by atoms with van der Waals surface area (Å²) in [6.07, 6.45) is 0. The first-order chi connectivity index (χ1) is 3.31. The lowest BCUT2D eigenvalue weighted by Crippen LogP contribution is -2.08. The third-order valence-electron chi connectivity index (χ3n) is 0.432. The van der Waals surface area contributed by atoms with Crippen LogP contribution in [0.1, 0.15) is 0 Å². The highest BCUT2D eigenvalue weighted by Gasteiger charge is 1.97. The van der Waals surface area contributed by atoms with E-state index in [4.69, 9.17) is 23.2 Å². The van der Waals surface area contributed by atoms with Gasteiger partial charge in [0.1, 0.15) is 0 Å². The Kier molecular flexibility index (Phi) is 5.44. The molecule has 0 amide bonds. The highest BCUT2D eigenvalue weighted by atomic mass is 35.5. The SMILES string of the molecule is [Si]OCC(Cl)CCl. The third-order valence-corrected chi connectivity index (χ3v) is 1.41. The van der Waals surface area contributed by atoms with Gasteiger partial charge >= 0.3 is 0 Å². The van der Waals surface area contributed by atoms with E-state index in [0.29, 0.717) is 12.5 Å². The van der Waals surface area contributed by atoms with Gasteiger partial charge in [-0.3, -0.25) is 0 Å². The van der Waals surface area contributed by atoms with Gasteiger partial charge in [0.15, 0.2) is 0 Å². The van der Waals surface area contributed by atoms with Gasteiger partial charge in [-0.05, 0) is 0 Å². The molecule has 0 N–H and O–H groups in total. The summed E-state index contributed by atoms with van der Waals surface area (Å²) in [5, 5.41) is -0.0841. The Morgan fingerprint density at radius 2 is 2.29 bits per heavy atom. The third kappa shape index (κ3) is 4.61. The zero-order valence-electron chi connectivity index (χ0n) is 3.66. The molecule has 0 aromatic rings. The lowest BCUT2D eigenvalue weighted by molar-refractivity contribution is 0.353. The van der Waals surface area contributed by atoms with Crippen LogP contribution < -0.4 is 0 Å². The summed E-state index contributed by atoms with van der Waals surface area (Å²) in [6, 6.07) is 0. The van der Waals surface area contributed by atoms with Crippen molar-refractivity contribution in [1.82, 2.24) is 0 Å². The molecule has 0 aliphatic carbocycles. The lowest BCUT2D eigenvalue weighted by Gasteiger charge is -1.99. The smallest absolute Gasteiger partial charge is 0.246 e. The molecule has 0 bridgehead atoms. The Bertz CT molecular complexity index is 43.9. The highest BCUT2D eigenvalue weighted by molar-refractivity contribution is 6.28. The zero-order valence-corrected chi connectivity index (χ0v) is 6.17. The second kappa shape index (κ2) is 4.90. The molecule has 0 fully saturated rings. The summed E-state index contributed by atoms with van der Waals surface area (Å²) < 4.78 is 4.48. The molecule has 0 aliphatic rings. The summed E-state index contributed by atoms with van der Waals surface area (Å²) >= 11 is 10.8. The molecular weight excluding hydrogens is 151 g/mol. The molecule has 0 spiro atoms. The number of hydrogen-bond donors (Lipinski definition) is 0. The van der Waals surface area contributed by atoms with Crippen molar-refractivity contribution in [3.63, 3.8) is 0 Å². The van der Waals surface area contributed by atoms with Gasteiger partial charge in [-0.15, -0.1) is 23.2 Å². The fourth-order valence-electron chi connectivity index (χ4n) is 0.135. The van der Waals surface area contributed by atoms with Crippen LogP contribution in [0.15, 0.2) is 0 Å². The van der Waals surface area contributed by atoms with Crippen molar-refractivity contribution in [2.75, 3.05) is 12.5 Å². The van der Waals surface area contributed by atoms with Crippen LogP contribution >= 0.6 is 23.2 Å². The number of alkyl halides is 2. The zero-order chi connectivity index (χ0) is 5.70. The fraction of sp³-hybridized carbons (Fsp3) is 1.00. The molecule has 0 aromatic carbocycles. The molecule has 7 heavy (non-hydrogen) atoms. The first-order valence-corrected chi connectivity index (χ1v) is 3.17. The quantitative estimate of drug-likeness (QED) is 0.436. The topological polar surface area (TPSA) is 9.23 Å². The summed E-state index contributed by atoms with van der Waals surface area (Å²) in [5.41, 5.74) is 0. The molecule has 0 saturated carbocycles. The van der Waals surface area contributed by atoms with E-state index in [9.17, 15) is 0 Å². The predicted octanol–water partition coefficient (Wildman–Crippen LogP) is 0.933. The van der Waals surface area contributed by atoms with E-state index in [1.54, 1.807) is 0 Å². The van der Waals surface area contributed by atoms with Gasteiger partial charge in [0.25, 0.3) is 0 Å². The molecular formula is C3H5Cl2OSi. The van der Waals surface area contributed by atoms with Crippen LogP contribution in [0.5, 0.6) is 0 Å². The second-order valence-corrected chi connectivity index (χ2v) is 2.28. The minimum atomic E-state index is -0.0841. The molecule has 0 saturated heterocycles. The number of halogens is 2. The van der Waals surface area contributed by atoms with Crippen molar-refractivity contribution in [2.24, 2.45) is 0 Å². The Hall–Kier alpha value is 0.757. The first kappa shape index (κ1) is 7.76. The van der Waals surface area contributed by atoms with Crippen molar-refractivity contribution < 1.29 is 4.43 Å². The second-order valence-electron chi connectivity index (χ2n) is 1.06. The molecule has 0 aromatic heterocycles. The van der Waals surface area contributed by atoms with E-state index in [1.165, 1.54) is 0 Å². The number of rotatable bonds is 3. The Balaban J connectivity index is 2.83. The van der Waals surface area contributed by atoms with Crippen LogP contribution in [0.3, 0.4) is 0 Å². The Morgan fingerprint density at radius 3 is 2.43 bits per heavy atom. The largest absolute Gasteiger partial charge is 0.417 e. The summed E-state index contributed by atoms with van der Waals surface area (Å²) in [6.45, 7) is 0.446. The van der Waals surface area contributed by atoms with Gasteiger partial charge in [0.2, 0.25) is 10.5 Å². The van der Waals surface area contributed by atoms with Crippen LogP contribution in [0.25, 0.3) is 0 Å². The van der Waals surface area contributed by atoms with E-state index in [0.717, 1.165) is 0 Å². The molecule has 41 valence electrons. The van der Waals surface area contributed by atoms with Gasteiger partial charge in [-0.1, -0.05) is 0 Å². The predicted molar refractivity (Wildman–Crippen MR) is 32.1 cm³/mol. The maximum Gasteiger partial charge on any atom is 0.246 e. The van der Waals surface area contributed by atoms with Crippen LogP contribution in [0, 0.1) is 0 Å². The van der Waals surface area contributed by atoms with Gasteiger partial charge < -0.3 is 4.43 Å². The van der Waals surface area contributed by atoms with Crippen molar-refractivity contribution in [3.8, 4) is 0 Å². The average Bonchev–Trinajstić information content (AvgIpc) is 1.68. The van der Waals surface area contributed by atoms with Crippen LogP contribution in [-0.2, 0) is 4.43 Å². The van der Waals surface area contributed by atoms with E-state index in [-0.39, 0.29) is 5.38 Å². The molecule has 4 heteroatoms. The van der Waals surface area contributed by atoms with Gasteiger partial charge in [0.05, 0.1) is 12.0 Å². The molecule has 1 atom stereocenters. The van der Waals surface area contributed by atoms with Gasteiger partial charge in [0, 0.05) is 5.88 Å². The normalized spacial score (nSPS) is 14.1. The monoisotopic (exact) mass is 155 g/mol. The molecule has 1 unspecified atom stereocenters. The summed E-state index contributed by atoms with van der Waals surface area (Å²) in [7, 11) is 2.79. The molecule has 1 nitrogen and oxygen atoms in total. The molecule has 0 aliphatic heterocycles. The van der Waals surface area contributed by atoms with Crippen LogP contribution in [-0.4, -0.2) is 28.3 Å². The Labute approximate surface area is 56.5 Å². The van der Waals surface area contributed by atoms with Crippen LogP contribution in [0.2, 0.25) is 0 Å². The Morgan fingerprint density at radius 1 is 1.71 bits per heavy atom. The molecule has 0 heterocycles. The van der Waals surface area contributed by atoms with Crippen molar-refractivity contribution >= 4 is 33.7 Å². The fourth-order valence-corrected chi connectivity index (χ4v) is 0.594. The van der Waals surface area contributed by atoms with Crippen LogP contribution in [0.4, 0.5) is 0 Å². The van der Waals surface area contributed by atoms with Crippen molar-refractivity contribution in [2.45, 2.75) is 5.38 Å². The van der Waals surface area contributed by atoms with E-state index in [1.807, 2.05) is 0 Å². The van der Waals surface area contributed by atoms with Crippen molar-refractivity contribution in [3.05, 3.63) is 0 Å². The highest BCUT2D eigenvalue weighted by Crippen LogP contribution is 1.96. The minimum absolute atomic E-state index is 0.0841. The van der Waals surface area contributed by atoms with Gasteiger partial charge in [-0.25, -0.2) is 0 Å². The van der Waals surface area contributed by atoms with E-state index in [2.05, 4.69) is 14.9 Å². The standard InChI is InChI=1S/C3H5Cl2OSi/c4-1-3(5)2-6-7/h3H,1-2H2. The van der Waals surface area contributed by atoms with E-state index >= 15 is 0 Å². The summed E-state index contributed by atoms with van der Waals surface area (Å²) in [4.78, 5) is 0. The molecule has 3 radical (unpaired) electrons. The minimum Gasteiger partial charge on any atom is -0.417 e. The lowest BCUT2D eigenvalue weighted by atomic mass is 10.5. The maximum atomic E-state index is 5.48. The molecule has 0 rings (SSSR count). The van der Waals surface area contributed by atoms with Gasteiger partial charge in [-0.2, -0.15) is 0 Å². The van der Waals surface area contributed by atoms with Crippen molar-refractivity contribution in [1.29, 1.82) is 0 Å². The first-order valence-electron chi connectivity index (χ1n) is 1.79.